The molecule has 0 saturated heterocycles. The van der Waals surface area contributed by atoms with Crippen LogP contribution in [0.25, 0.3) is 10.6 Å². The maximum absolute atomic E-state index is 4.24. The minimum atomic E-state index is 1.24. The summed E-state index contributed by atoms with van der Waals surface area (Å²) in [5.41, 5.74) is 3.82. The van der Waals surface area contributed by atoms with Gasteiger partial charge in [-0.1, -0.05) is 0 Å². The van der Waals surface area contributed by atoms with Crippen LogP contribution in [0.5, 0.6) is 0 Å². The van der Waals surface area contributed by atoms with Crippen LogP contribution in [0.1, 0.15) is 11.1 Å². The summed E-state index contributed by atoms with van der Waals surface area (Å²) in [6.45, 7) is 4.24. The Morgan fingerprint density at radius 2 is 2.08 bits per heavy atom. The van der Waals surface area contributed by atoms with Gasteiger partial charge in [-0.2, -0.15) is 5.10 Å². The van der Waals surface area contributed by atoms with Gasteiger partial charge in [-0.25, -0.2) is 0 Å². The monoisotopic (exact) mass is 192 g/mol. The molecule has 2 nitrogen and oxygen atoms in total. The topological polar surface area (TPSA) is 17.8 Å². The predicted octanol–water partition coefficient (Wildman–Crippen LogP) is 2.77. The van der Waals surface area contributed by atoms with Gasteiger partial charge in [0.2, 0.25) is 0 Å². The normalized spacial score (nSPS) is 10.7. The van der Waals surface area contributed by atoms with Crippen LogP contribution in [0.15, 0.2) is 17.6 Å². The molecule has 3 heteroatoms. The van der Waals surface area contributed by atoms with Crippen LogP contribution in [0.2, 0.25) is 0 Å². The molecule has 0 spiro atoms. The third-order valence-corrected chi connectivity index (χ3v) is 3.22. The maximum Gasteiger partial charge on any atom is 0.0810 e. The van der Waals surface area contributed by atoms with Crippen LogP contribution in [0.4, 0.5) is 0 Å². The summed E-state index contributed by atoms with van der Waals surface area (Å²) in [6, 6.07) is 2.15. The Labute approximate surface area is 81.8 Å². The summed E-state index contributed by atoms with van der Waals surface area (Å²) in [7, 11) is 1.99. The van der Waals surface area contributed by atoms with Gasteiger partial charge in [0.05, 0.1) is 16.8 Å². The molecule has 0 aliphatic rings. The molecule has 2 heterocycles. The van der Waals surface area contributed by atoms with Crippen LogP contribution in [-0.4, -0.2) is 9.78 Å². The first-order valence-corrected chi connectivity index (χ1v) is 5.11. The van der Waals surface area contributed by atoms with Gasteiger partial charge in [0.1, 0.15) is 0 Å². The predicted molar refractivity (Wildman–Crippen MR) is 56.0 cm³/mol. The van der Waals surface area contributed by atoms with E-state index in [2.05, 4.69) is 30.4 Å². The van der Waals surface area contributed by atoms with Gasteiger partial charge in [0.15, 0.2) is 0 Å². The Morgan fingerprint density at radius 1 is 1.31 bits per heavy atom. The van der Waals surface area contributed by atoms with Crippen molar-refractivity contribution in [3.8, 4) is 10.6 Å². The van der Waals surface area contributed by atoms with Crippen molar-refractivity contribution < 1.29 is 0 Å². The minimum Gasteiger partial charge on any atom is -0.267 e. The second-order valence-electron chi connectivity index (χ2n) is 3.23. The van der Waals surface area contributed by atoms with E-state index >= 15 is 0 Å². The number of hydrogen-bond donors (Lipinski definition) is 0. The summed E-state index contributed by atoms with van der Waals surface area (Å²) < 4.78 is 1.94. The molecule has 13 heavy (non-hydrogen) atoms. The van der Waals surface area contributed by atoms with Crippen molar-refractivity contribution in [3.63, 3.8) is 0 Å². The van der Waals surface area contributed by atoms with E-state index in [1.54, 1.807) is 11.3 Å². The van der Waals surface area contributed by atoms with Gasteiger partial charge in [0, 0.05) is 7.05 Å². The molecular weight excluding hydrogens is 180 g/mol. The molecule has 2 rings (SSSR count). The summed E-state index contributed by atoms with van der Waals surface area (Å²) in [4.78, 5) is 1.33. The van der Waals surface area contributed by atoms with Gasteiger partial charge in [-0.15, -0.1) is 11.3 Å². The minimum absolute atomic E-state index is 1.24. The average molecular weight is 192 g/mol. The van der Waals surface area contributed by atoms with Crippen molar-refractivity contribution in [2.45, 2.75) is 13.8 Å². The van der Waals surface area contributed by atoms with Crippen molar-refractivity contribution in [1.82, 2.24) is 9.78 Å². The van der Waals surface area contributed by atoms with Crippen molar-refractivity contribution in [2.75, 3.05) is 0 Å². The highest BCUT2D eigenvalue weighted by Crippen LogP contribution is 2.30. The Hall–Kier alpha value is -1.09. The Bertz CT molecular complexity index is 406. The van der Waals surface area contributed by atoms with Gasteiger partial charge < -0.3 is 0 Å². The van der Waals surface area contributed by atoms with Crippen LogP contribution in [0, 0.1) is 13.8 Å². The van der Waals surface area contributed by atoms with E-state index in [0.717, 1.165) is 0 Å². The zero-order valence-corrected chi connectivity index (χ0v) is 8.85. The van der Waals surface area contributed by atoms with Gasteiger partial charge in [-0.05, 0) is 36.4 Å². The lowest BCUT2D eigenvalue weighted by Crippen LogP contribution is -1.93. The number of rotatable bonds is 1. The van der Waals surface area contributed by atoms with Crippen molar-refractivity contribution in [2.24, 2.45) is 7.05 Å². The molecule has 2 aromatic rings. The molecule has 0 amide bonds. The standard InChI is InChI=1S/C10H12N2S/c1-7-4-5-13-10(7)9-8(2)6-11-12(9)3/h4-6H,1-3H3. The fourth-order valence-corrected chi connectivity index (χ4v) is 2.56. The molecular formula is C10H12N2S. The molecule has 2 aromatic heterocycles. The molecule has 0 unspecified atom stereocenters. The molecule has 0 aromatic carbocycles. The largest absolute Gasteiger partial charge is 0.267 e. The first-order chi connectivity index (χ1) is 6.20. The highest BCUT2D eigenvalue weighted by atomic mass is 32.1. The number of thiophene rings is 1. The lowest BCUT2D eigenvalue weighted by atomic mass is 10.2. The molecule has 0 radical (unpaired) electrons. The molecule has 0 N–H and O–H groups in total. The Kier molecular flexibility index (Phi) is 1.96. The lowest BCUT2D eigenvalue weighted by molar-refractivity contribution is 0.776. The average Bonchev–Trinajstić information content (AvgIpc) is 2.60. The molecule has 0 atom stereocenters. The summed E-state index contributed by atoms with van der Waals surface area (Å²) in [5, 5.41) is 6.36. The summed E-state index contributed by atoms with van der Waals surface area (Å²) >= 11 is 1.77. The maximum atomic E-state index is 4.24. The van der Waals surface area contributed by atoms with Gasteiger partial charge >= 0.3 is 0 Å². The quantitative estimate of drug-likeness (QED) is 0.679. The molecule has 68 valence electrons. The number of nitrogens with zero attached hydrogens (tertiary/aromatic N) is 2. The van der Waals surface area contributed by atoms with Crippen LogP contribution >= 0.6 is 11.3 Å². The highest BCUT2D eigenvalue weighted by Gasteiger charge is 2.10. The van der Waals surface area contributed by atoms with Crippen molar-refractivity contribution >= 4 is 11.3 Å². The SMILES string of the molecule is Cc1ccsc1-c1c(C)cnn1C. The fraction of sp³-hybridized carbons (Fsp3) is 0.300. The first kappa shape index (κ1) is 8.51. The van der Waals surface area contributed by atoms with E-state index in [0.29, 0.717) is 0 Å². The van der Waals surface area contributed by atoms with Crippen LogP contribution in [-0.2, 0) is 7.05 Å². The van der Waals surface area contributed by atoms with Gasteiger partial charge in [-0.3, -0.25) is 4.68 Å². The second kappa shape index (κ2) is 3.00. The summed E-state index contributed by atoms with van der Waals surface area (Å²) in [5.74, 6) is 0. The molecule has 0 aliphatic heterocycles. The lowest BCUT2D eigenvalue weighted by Gasteiger charge is -2.01. The summed E-state index contributed by atoms with van der Waals surface area (Å²) in [6.07, 6.45) is 1.91. The Balaban J connectivity index is 2.64. The van der Waals surface area contributed by atoms with E-state index in [9.17, 15) is 0 Å². The zero-order valence-electron chi connectivity index (χ0n) is 8.03. The highest BCUT2D eigenvalue weighted by molar-refractivity contribution is 7.13. The molecule has 0 aliphatic carbocycles. The Morgan fingerprint density at radius 3 is 2.54 bits per heavy atom. The number of hydrogen-bond acceptors (Lipinski definition) is 2. The van der Waals surface area contributed by atoms with Crippen molar-refractivity contribution in [1.29, 1.82) is 0 Å². The number of aryl methyl sites for hydroxylation is 3. The van der Waals surface area contributed by atoms with E-state index in [1.807, 2.05) is 17.9 Å². The van der Waals surface area contributed by atoms with Crippen LogP contribution in [0.3, 0.4) is 0 Å². The second-order valence-corrected chi connectivity index (χ2v) is 4.15. The molecule has 0 saturated carbocycles. The van der Waals surface area contributed by atoms with E-state index in [1.165, 1.54) is 21.7 Å². The van der Waals surface area contributed by atoms with E-state index < -0.39 is 0 Å². The van der Waals surface area contributed by atoms with Crippen molar-refractivity contribution in [3.05, 3.63) is 28.8 Å². The third-order valence-electron chi connectivity index (χ3n) is 2.20. The van der Waals surface area contributed by atoms with Gasteiger partial charge in [0.25, 0.3) is 0 Å². The first-order valence-electron chi connectivity index (χ1n) is 4.23. The fourth-order valence-electron chi connectivity index (χ4n) is 1.49. The smallest absolute Gasteiger partial charge is 0.0810 e. The molecule has 0 fully saturated rings. The van der Waals surface area contributed by atoms with Crippen LogP contribution < -0.4 is 0 Å². The zero-order chi connectivity index (χ0) is 9.42. The van der Waals surface area contributed by atoms with E-state index in [-0.39, 0.29) is 0 Å². The number of aromatic nitrogens is 2. The molecule has 0 bridgehead atoms. The third kappa shape index (κ3) is 1.29. The van der Waals surface area contributed by atoms with E-state index in [4.69, 9.17) is 0 Å².